The lowest BCUT2D eigenvalue weighted by Gasteiger charge is -2.17. The number of hydrogen-bond acceptors (Lipinski definition) is 3. The highest BCUT2D eigenvalue weighted by atomic mass is 19.1. The molecule has 3 nitrogen and oxygen atoms in total. The van der Waals surface area contributed by atoms with E-state index in [0.717, 1.165) is 22.3 Å². The van der Waals surface area contributed by atoms with Crippen LogP contribution in [0.1, 0.15) is 11.3 Å². The van der Waals surface area contributed by atoms with E-state index in [1.807, 2.05) is 38.1 Å². The fourth-order valence-electron chi connectivity index (χ4n) is 1.94. The van der Waals surface area contributed by atoms with Gasteiger partial charge in [0.1, 0.15) is 11.3 Å². The number of fused-ring (bicyclic) bond motifs is 1. The Bertz CT molecular complexity index is 564. The first-order valence-electron chi connectivity index (χ1n) is 5.50. The summed E-state index contributed by atoms with van der Waals surface area (Å²) in [5.41, 5.74) is 8.52. The summed E-state index contributed by atoms with van der Waals surface area (Å²) in [6.07, 6.45) is 0. The van der Waals surface area contributed by atoms with Gasteiger partial charge in [-0.25, -0.2) is 9.37 Å². The van der Waals surface area contributed by atoms with Gasteiger partial charge in [0.2, 0.25) is 0 Å². The van der Waals surface area contributed by atoms with Crippen molar-refractivity contribution >= 4 is 16.6 Å². The van der Waals surface area contributed by atoms with E-state index in [0.29, 0.717) is 12.1 Å². The van der Waals surface area contributed by atoms with Crippen molar-refractivity contribution in [1.82, 2.24) is 4.98 Å². The molecule has 4 heteroatoms. The molecule has 0 bridgehead atoms. The average molecular weight is 233 g/mol. The molecular weight excluding hydrogens is 217 g/mol. The van der Waals surface area contributed by atoms with Crippen LogP contribution < -0.4 is 10.6 Å². The summed E-state index contributed by atoms with van der Waals surface area (Å²) in [7, 11) is 3.86. The molecular formula is C13H16FN3. The summed E-state index contributed by atoms with van der Waals surface area (Å²) >= 11 is 0. The van der Waals surface area contributed by atoms with Crippen LogP contribution in [0.5, 0.6) is 0 Å². The van der Waals surface area contributed by atoms with Gasteiger partial charge < -0.3 is 10.6 Å². The van der Waals surface area contributed by atoms with Crippen LogP contribution >= 0.6 is 0 Å². The maximum atomic E-state index is 13.9. The zero-order chi connectivity index (χ0) is 12.6. The van der Waals surface area contributed by atoms with Gasteiger partial charge in [-0.1, -0.05) is 0 Å². The van der Waals surface area contributed by atoms with E-state index in [4.69, 9.17) is 5.73 Å². The van der Waals surface area contributed by atoms with Crippen LogP contribution in [0.2, 0.25) is 0 Å². The third-order valence-electron chi connectivity index (χ3n) is 2.75. The van der Waals surface area contributed by atoms with Crippen LogP contribution in [0.25, 0.3) is 10.9 Å². The number of benzene rings is 1. The molecule has 0 unspecified atom stereocenters. The van der Waals surface area contributed by atoms with Gasteiger partial charge in [0, 0.05) is 37.4 Å². The molecule has 2 aromatic rings. The summed E-state index contributed by atoms with van der Waals surface area (Å²) in [5.74, 6) is -0.310. The molecule has 0 aliphatic carbocycles. The van der Waals surface area contributed by atoms with Crippen molar-refractivity contribution in [1.29, 1.82) is 0 Å². The molecule has 0 aliphatic heterocycles. The molecule has 0 saturated carbocycles. The minimum absolute atomic E-state index is 0.310. The number of aryl methyl sites for hydroxylation is 1. The Kier molecular flexibility index (Phi) is 2.98. The summed E-state index contributed by atoms with van der Waals surface area (Å²) in [6.45, 7) is 2.19. The zero-order valence-corrected chi connectivity index (χ0v) is 10.3. The molecule has 0 saturated heterocycles. The lowest BCUT2D eigenvalue weighted by Crippen LogP contribution is -2.10. The highest BCUT2D eigenvalue weighted by molar-refractivity contribution is 5.92. The number of pyridine rings is 1. The van der Waals surface area contributed by atoms with Crippen molar-refractivity contribution in [2.24, 2.45) is 5.73 Å². The van der Waals surface area contributed by atoms with Gasteiger partial charge in [0.15, 0.2) is 0 Å². The Hall–Kier alpha value is -1.68. The minimum atomic E-state index is -0.310. The molecule has 17 heavy (non-hydrogen) atoms. The Morgan fingerprint density at radius 2 is 2.00 bits per heavy atom. The molecule has 1 heterocycles. The van der Waals surface area contributed by atoms with Gasteiger partial charge in [0.05, 0.1) is 0 Å². The predicted octanol–water partition coefficient (Wildman–Crippen LogP) is 2.21. The zero-order valence-electron chi connectivity index (χ0n) is 10.3. The molecule has 2 N–H and O–H groups in total. The van der Waals surface area contributed by atoms with E-state index >= 15 is 0 Å². The number of anilines is 1. The lowest BCUT2D eigenvalue weighted by atomic mass is 10.1. The fourth-order valence-corrected chi connectivity index (χ4v) is 1.94. The van der Waals surface area contributed by atoms with Crippen LogP contribution in [-0.4, -0.2) is 19.1 Å². The molecule has 0 amide bonds. The quantitative estimate of drug-likeness (QED) is 0.864. The van der Waals surface area contributed by atoms with Crippen molar-refractivity contribution in [3.05, 3.63) is 35.3 Å². The van der Waals surface area contributed by atoms with E-state index in [1.54, 1.807) is 0 Å². The van der Waals surface area contributed by atoms with Crippen LogP contribution in [0.4, 0.5) is 10.1 Å². The lowest BCUT2D eigenvalue weighted by molar-refractivity contribution is 0.634. The number of hydrogen-bond donors (Lipinski definition) is 1. The number of nitrogens with two attached hydrogens (primary N) is 1. The third-order valence-corrected chi connectivity index (χ3v) is 2.75. The second-order valence-corrected chi connectivity index (χ2v) is 4.36. The van der Waals surface area contributed by atoms with Gasteiger partial charge in [-0.05, 0) is 30.7 Å². The van der Waals surface area contributed by atoms with Gasteiger partial charge in [-0.2, -0.15) is 0 Å². The van der Waals surface area contributed by atoms with E-state index in [9.17, 15) is 4.39 Å². The Balaban J connectivity index is 2.85. The van der Waals surface area contributed by atoms with E-state index in [2.05, 4.69) is 4.98 Å². The van der Waals surface area contributed by atoms with Crippen molar-refractivity contribution in [3.8, 4) is 0 Å². The standard InChI is InChI=1S/C13H16FN3/c1-8-4-12(17(2)3)10-5-9(7-15)6-11(14)13(10)16-8/h4-6H,7,15H2,1-3H3. The normalized spacial score (nSPS) is 10.9. The van der Waals surface area contributed by atoms with Gasteiger partial charge in [-0.3, -0.25) is 0 Å². The summed E-state index contributed by atoms with van der Waals surface area (Å²) in [5, 5.41) is 0.807. The second-order valence-electron chi connectivity index (χ2n) is 4.36. The van der Waals surface area contributed by atoms with E-state index in [-0.39, 0.29) is 5.82 Å². The van der Waals surface area contributed by atoms with Gasteiger partial charge >= 0.3 is 0 Å². The second kappa shape index (κ2) is 4.30. The van der Waals surface area contributed by atoms with E-state index in [1.165, 1.54) is 6.07 Å². The van der Waals surface area contributed by atoms with E-state index < -0.39 is 0 Å². The Morgan fingerprint density at radius 1 is 1.29 bits per heavy atom. The monoisotopic (exact) mass is 233 g/mol. The molecule has 0 radical (unpaired) electrons. The molecule has 1 aromatic heterocycles. The van der Waals surface area contributed by atoms with Crippen molar-refractivity contribution in [3.63, 3.8) is 0 Å². The summed E-state index contributed by atoms with van der Waals surface area (Å²) in [6, 6.07) is 5.30. The summed E-state index contributed by atoms with van der Waals surface area (Å²) < 4.78 is 13.9. The van der Waals surface area contributed by atoms with Crippen LogP contribution in [-0.2, 0) is 6.54 Å². The van der Waals surface area contributed by atoms with Crippen LogP contribution in [0.3, 0.4) is 0 Å². The van der Waals surface area contributed by atoms with Gasteiger partial charge in [-0.15, -0.1) is 0 Å². The first kappa shape index (κ1) is 11.8. The molecule has 2 rings (SSSR count). The van der Waals surface area contributed by atoms with Crippen molar-refractivity contribution in [2.45, 2.75) is 13.5 Å². The predicted molar refractivity (Wildman–Crippen MR) is 68.7 cm³/mol. The number of nitrogens with zero attached hydrogens (tertiary/aromatic N) is 2. The number of halogens is 1. The molecule has 0 spiro atoms. The SMILES string of the molecule is Cc1cc(N(C)C)c2cc(CN)cc(F)c2n1. The largest absolute Gasteiger partial charge is 0.377 e. The molecule has 90 valence electrons. The van der Waals surface area contributed by atoms with Gasteiger partial charge in [0.25, 0.3) is 0 Å². The average Bonchev–Trinajstić information content (AvgIpc) is 2.28. The molecule has 0 fully saturated rings. The molecule has 0 atom stereocenters. The van der Waals surface area contributed by atoms with Crippen molar-refractivity contribution < 1.29 is 4.39 Å². The topological polar surface area (TPSA) is 42.1 Å². The Labute approximate surface area is 100 Å². The van der Waals surface area contributed by atoms with Crippen molar-refractivity contribution in [2.75, 3.05) is 19.0 Å². The maximum Gasteiger partial charge on any atom is 0.149 e. The smallest absolute Gasteiger partial charge is 0.149 e. The fraction of sp³-hybridized carbons (Fsp3) is 0.308. The van der Waals surface area contributed by atoms with Crippen LogP contribution in [0.15, 0.2) is 18.2 Å². The number of rotatable bonds is 2. The molecule has 1 aromatic carbocycles. The molecule has 0 aliphatic rings. The maximum absolute atomic E-state index is 13.9. The minimum Gasteiger partial charge on any atom is -0.377 e. The van der Waals surface area contributed by atoms with Crippen LogP contribution in [0, 0.1) is 12.7 Å². The first-order valence-corrected chi connectivity index (χ1v) is 5.50. The number of aromatic nitrogens is 1. The summed E-state index contributed by atoms with van der Waals surface area (Å²) in [4.78, 5) is 6.21. The highest BCUT2D eigenvalue weighted by Crippen LogP contribution is 2.28. The first-order chi connectivity index (χ1) is 8.02. The Morgan fingerprint density at radius 3 is 2.59 bits per heavy atom. The third kappa shape index (κ3) is 2.08. The highest BCUT2D eigenvalue weighted by Gasteiger charge is 2.11.